The number of hydrogen-bond acceptors (Lipinski definition) is 43. The van der Waals surface area contributed by atoms with Crippen LogP contribution < -0.4 is 76.2 Å². The molecule has 10 unspecified atom stereocenters. The number of H-pyrrole nitrogens is 3. The summed E-state index contributed by atoms with van der Waals surface area (Å²) in [4.78, 5) is 171. The molecule has 620 valence electrons. The molecule has 113 heavy (non-hydrogen) atoms. The number of aliphatic hydroxyl groups excluding tert-OH is 1. The first-order valence-corrected chi connectivity index (χ1v) is 46.8. The third-order valence-electron chi connectivity index (χ3n) is 20.7. The molecule has 0 aromatic carbocycles. The van der Waals surface area contributed by atoms with E-state index < -0.39 is 240 Å². The lowest BCUT2D eigenvalue weighted by atomic mass is 9.94. The second kappa shape index (κ2) is 31.1. The Hall–Kier alpha value is -4.87. The first-order chi connectivity index (χ1) is 52.9. The van der Waals surface area contributed by atoms with Gasteiger partial charge in [-0.05, 0) is 48.5 Å². The molecule has 6 aromatic rings. The summed E-state index contributed by atoms with van der Waals surface area (Å²) >= 11 is 27.2. The molecule has 0 aliphatic carbocycles. The molecule has 6 bridgehead atoms. The molecule has 14 rings (SSSR count). The normalized spacial score (nSPS) is 35.1. The molecule has 56 heteroatoms. The molecule has 0 amide bonds. The van der Waals surface area contributed by atoms with Crippen molar-refractivity contribution in [3.63, 3.8) is 0 Å². The zero-order chi connectivity index (χ0) is 81.7. The minimum Gasteiger partial charge on any atom is -0.780 e. The Kier molecular flexibility index (Phi) is 23.2. The minimum atomic E-state index is -5.19. The van der Waals surface area contributed by atoms with Gasteiger partial charge in [-0.25, -0.2) is 24.2 Å². The molecule has 8 saturated heterocycles. The summed E-state index contributed by atoms with van der Waals surface area (Å²) in [6, 6.07) is 0. The van der Waals surface area contributed by atoms with Gasteiger partial charge in [-0.1, -0.05) is 47.2 Å². The van der Waals surface area contributed by atoms with Gasteiger partial charge in [0.1, 0.15) is 117 Å². The van der Waals surface area contributed by atoms with Crippen LogP contribution in [0.15, 0.2) is 64.7 Å². The Morgan fingerprint density at radius 1 is 0.549 bits per heavy atom. The molecule has 10 N–H and O–H groups in total. The van der Waals surface area contributed by atoms with Gasteiger partial charge in [0, 0.05) is 67.0 Å². The Labute approximate surface area is 660 Å². The maximum absolute atomic E-state index is 15.4. The van der Waals surface area contributed by atoms with E-state index in [4.69, 9.17) is 160 Å². The van der Waals surface area contributed by atoms with E-state index in [0.717, 1.165) is 37.9 Å². The van der Waals surface area contributed by atoms with Gasteiger partial charge in [0.25, 0.3) is 16.7 Å². The molecule has 0 radical (unpaired) electrons. The number of imidazole rings is 1. The van der Waals surface area contributed by atoms with Crippen molar-refractivity contribution < 1.29 is 112 Å². The standard InChI is InChI=1S/C57H76N15O31P5S5/c1-21-11-70(51(77)62-41(21)58)47-35-38(55(17-73,96-47)25(5)91-35)101-107(84,112)89-19-57-27(7)93-37(49(98-57)72-20-61-34-43(72)64-50(60)65-46(34)76)40(57)103-108(85,113)90-18-56-26(6)92-36(48(97-56)71-12-22(2)42(59)63-52(71)78)39(56)102-106(83,111)88-16-31-29(10-33(95-31)69-14-24(4)45(75)67-54(69)80)100-105(82,110)87-15-30-28(99-104(81,109)86-8)9-32(94-30)68-13-23(3)44(74)66-53(68)79/h11-14,20,25-33,35-40,47-49,73H,9-10,15-19H2,1-8H3,(H,81,109)(H,82,110)(H,83,111)(H,84,112)(H,85,113)(H2,58,62,77)(H2,59,63,78)(H,66,74,79)(H,67,75,80)(H3,60,64,65,76)/p-5/t25-,26-,27-,28?,29?,30+,31+,32+,33+,35-,36-,37-,38?,39?,40?,47+,48+,49+,55-,56-,57-,104?,105?,106?,107?,108?/m0/s1. The molecule has 26 atom stereocenters. The zero-order valence-electron chi connectivity index (χ0n) is 60.0. The smallest absolute Gasteiger partial charge is 0.351 e. The number of aryl methyl sites for hydroxylation is 4. The van der Waals surface area contributed by atoms with E-state index in [1.54, 1.807) is 6.92 Å². The van der Waals surface area contributed by atoms with Crippen LogP contribution >= 0.6 is 33.7 Å². The van der Waals surface area contributed by atoms with E-state index in [-0.39, 0.29) is 51.9 Å². The SMILES string of the molecule is COP([O-])(=S)OC1C[C@H](n2cc(C)c(=O)[nH]c2=O)O[C@@H]1COP([O-])(=S)OC1C[C@H](n2cc(C)c(=O)[nH]c2=O)O[C@@H]1COP([O-])(=S)OC1[C@@H]2O[C@@H](C)[C@]1(COP(=O)([S-])OC1[C@@H]3O[C@@H](C)[C@]1(COP([O-])(=S)OC1[C@@H]4O[C@@H](C)[C@]1(CO)O[C@H]4n1cc(C)c(N)nc1=O)O[C@H]3n1cnc3c(=O)[nH]c(N)nc31)O[C@H]2n1cc(C)c(N)nc1=O. The summed E-state index contributed by atoms with van der Waals surface area (Å²) in [6.45, 7) is -18.5. The van der Waals surface area contributed by atoms with Crippen LogP contribution in [-0.4, -0.2) is 199 Å². The summed E-state index contributed by atoms with van der Waals surface area (Å²) in [5.74, 6) is -0.582. The maximum atomic E-state index is 15.4. The summed E-state index contributed by atoms with van der Waals surface area (Å²) in [7, 11) is 1.02. The summed E-state index contributed by atoms with van der Waals surface area (Å²) < 4.78 is 130. The van der Waals surface area contributed by atoms with E-state index in [9.17, 15) is 53.3 Å². The van der Waals surface area contributed by atoms with Crippen molar-refractivity contribution in [2.45, 2.75) is 189 Å². The largest absolute Gasteiger partial charge is 0.780 e. The lowest BCUT2D eigenvalue weighted by molar-refractivity contribution is -0.240. The number of aromatic amines is 3. The molecule has 46 nitrogen and oxygen atoms in total. The Morgan fingerprint density at radius 2 is 0.956 bits per heavy atom. The van der Waals surface area contributed by atoms with Crippen molar-refractivity contribution in [3.8, 4) is 0 Å². The average Bonchev–Trinajstić information content (AvgIpc) is 1.57. The number of ether oxygens (including phenoxy) is 8. The van der Waals surface area contributed by atoms with Crippen molar-refractivity contribution in [2.24, 2.45) is 0 Å². The van der Waals surface area contributed by atoms with Crippen molar-refractivity contribution in [1.82, 2.24) is 57.7 Å². The highest BCUT2D eigenvalue weighted by Gasteiger charge is 2.71. The number of fused-ring (bicyclic) bond motifs is 7. The van der Waals surface area contributed by atoms with Gasteiger partial charge in [-0.2, -0.15) is 15.0 Å². The fraction of sp³-hybridized carbons (Fsp3) is 0.632. The van der Waals surface area contributed by atoms with Gasteiger partial charge in [0.05, 0.1) is 69.9 Å². The highest BCUT2D eigenvalue weighted by Crippen LogP contribution is 2.63. The van der Waals surface area contributed by atoms with Crippen LogP contribution in [0, 0.1) is 27.7 Å². The first kappa shape index (κ1) is 84.6. The van der Waals surface area contributed by atoms with Gasteiger partial charge in [0.2, 0.25) is 5.95 Å². The highest BCUT2D eigenvalue weighted by molar-refractivity contribution is 8.32. The van der Waals surface area contributed by atoms with Gasteiger partial charge in [-0.15, -0.1) is 0 Å². The number of nitrogen functional groups attached to an aromatic ring is 3. The fourth-order valence-electron chi connectivity index (χ4n) is 14.7. The summed E-state index contributed by atoms with van der Waals surface area (Å²) in [6.07, 6.45) is -20.2. The van der Waals surface area contributed by atoms with Crippen molar-refractivity contribution >= 4 is 122 Å². The maximum Gasteiger partial charge on any atom is 0.351 e. The molecular formula is C57H71N15O31P5S5-5. The van der Waals surface area contributed by atoms with Crippen molar-refractivity contribution in [1.29, 1.82) is 0 Å². The molecule has 8 fully saturated rings. The summed E-state index contributed by atoms with van der Waals surface area (Å²) in [5.41, 5.74) is 6.24. The van der Waals surface area contributed by atoms with Gasteiger partial charge in [-0.3, -0.25) is 56.7 Å². The van der Waals surface area contributed by atoms with Crippen LogP contribution in [0.4, 0.5) is 17.6 Å². The molecule has 0 saturated carbocycles. The van der Waals surface area contributed by atoms with Crippen LogP contribution in [0.1, 0.15) is 87.0 Å². The zero-order valence-corrected chi connectivity index (χ0v) is 68.5. The lowest BCUT2D eigenvalue weighted by Crippen LogP contribution is -2.52. The second-order valence-corrected chi connectivity index (χ2v) is 41.3. The monoisotopic (exact) mass is 1780 g/mol. The van der Waals surface area contributed by atoms with Gasteiger partial charge in [0.15, 0.2) is 36.6 Å². The Bertz CT molecular complexity index is 5490. The topological polar surface area (TPSA) is 617 Å². The molecular weight excluding hydrogens is 1710 g/mol. The minimum absolute atomic E-state index is 0.0373. The van der Waals surface area contributed by atoms with Crippen LogP contribution in [0.3, 0.4) is 0 Å². The number of nitrogens with zero attached hydrogens (tertiary/aromatic N) is 9. The molecule has 14 heterocycles. The van der Waals surface area contributed by atoms with E-state index in [1.165, 1.54) is 64.7 Å². The van der Waals surface area contributed by atoms with Crippen LogP contribution in [0.2, 0.25) is 0 Å². The highest BCUT2D eigenvalue weighted by atomic mass is 32.7. The Balaban J connectivity index is 0.727. The van der Waals surface area contributed by atoms with E-state index in [1.807, 2.05) is 0 Å². The van der Waals surface area contributed by atoms with Crippen LogP contribution in [0.25, 0.3) is 11.2 Å². The molecule has 8 aliphatic rings. The van der Waals surface area contributed by atoms with E-state index >= 15 is 9.46 Å². The van der Waals surface area contributed by atoms with Crippen LogP contribution in [0.5, 0.6) is 0 Å². The summed E-state index contributed by atoms with van der Waals surface area (Å²) in [5, 5.41) is 10.9. The lowest BCUT2D eigenvalue weighted by Gasteiger charge is -2.42. The van der Waals surface area contributed by atoms with Crippen LogP contribution in [-0.2, 0) is 147 Å². The third kappa shape index (κ3) is 16.0. The van der Waals surface area contributed by atoms with E-state index in [0.29, 0.717) is 5.56 Å². The van der Waals surface area contributed by atoms with E-state index in [2.05, 4.69) is 34.9 Å². The first-order valence-electron chi connectivity index (χ1n) is 34.0. The third-order valence-corrected chi connectivity index (χ3v) is 28.4. The molecule has 6 aromatic heterocycles. The van der Waals surface area contributed by atoms with Gasteiger partial charge >= 0.3 is 22.8 Å². The predicted molar refractivity (Wildman–Crippen MR) is 393 cm³/mol. The predicted octanol–water partition coefficient (Wildman–Crippen LogP) is -3.92. The van der Waals surface area contributed by atoms with Crippen molar-refractivity contribution in [2.75, 3.05) is 57.3 Å². The average molecular weight is 1780 g/mol. The number of rotatable bonds is 29. The number of aromatic nitrogens is 12. The number of hydrogen-bond donors (Lipinski definition) is 7. The van der Waals surface area contributed by atoms with Crippen molar-refractivity contribution in [3.05, 3.63) is 126 Å². The number of aliphatic hydroxyl groups is 1. The second-order valence-electron chi connectivity index (χ2n) is 27.7. The van der Waals surface area contributed by atoms with Gasteiger partial charge < -0.3 is 137 Å². The molecule has 8 aliphatic heterocycles. The fourth-order valence-corrected chi connectivity index (χ4v) is 21.5. The number of nitrogens with one attached hydrogen (secondary N) is 3. The number of nitrogens with two attached hydrogens (primary N) is 3. The molecule has 0 spiro atoms. The Morgan fingerprint density at radius 3 is 1.43 bits per heavy atom. The quantitative estimate of drug-likeness (QED) is 0.0174. The number of anilines is 3.